The molecule has 1 heterocycles. The van der Waals surface area contributed by atoms with Crippen molar-refractivity contribution in [2.24, 2.45) is 0 Å². The van der Waals surface area contributed by atoms with Crippen LogP contribution in [0.15, 0.2) is 206 Å². The third-order valence-electron chi connectivity index (χ3n) is 12.8. The van der Waals surface area contributed by atoms with Crippen molar-refractivity contribution in [2.75, 3.05) is 0 Å². The highest BCUT2D eigenvalue weighted by Crippen LogP contribution is 2.42. The van der Waals surface area contributed by atoms with Gasteiger partial charge in [-0.15, -0.1) is 0 Å². The SMILES string of the molecule is Cc1cccc2ccc3cccc(-c4cccc5ccc6cc(-c7ccc8cc(-c9ccc(-c%10ccc%11c(c%10)nc(C)n%11-c%10ccccc%10)cc9)ccc8c7)ccc6c45)c3c12. The first-order chi connectivity index (χ1) is 30.0. The zero-order chi connectivity index (χ0) is 40.6. The number of nitrogens with zero attached hydrogens (tertiary/aromatic N) is 2. The molecule has 12 aromatic rings. The number of hydrogen-bond acceptors (Lipinski definition) is 1. The predicted octanol–water partition coefficient (Wildman–Crippen LogP) is 16.1. The molecule has 0 aliphatic heterocycles. The molecule has 0 bridgehead atoms. The molecule has 0 saturated carbocycles. The Bertz CT molecular complexity index is 3700. The first-order valence-electron chi connectivity index (χ1n) is 21.1. The molecule has 61 heavy (non-hydrogen) atoms. The van der Waals surface area contributed by atoms with Crippen molar-refractivity contribution in [1.29, 1.82) is 0 Å². The number of benzene rings is 11. The van der Waals surface area contributed by atoms with E-state index >= 15 is 0 Å². The zero-order valence-corrected chi connectivity index (χ0v) is 34.0. The van der Waals surface area contributed by atoms with Crippen LogP contribution in [0.5, 0.6) is 0 Å². The molecule has 0 amide bonds. The molecule has 0 radical (unpaired) electrons. The van der Waals surface area contributed by atoms with Crippen LogP contribution >= 0.6 is 0 Å². The van der Waals surface area contributed by atoms with Gasteiger partial charge in [-0.2, -0.15) is 0 Å². The number of aryl methyl sites for hydroxylation is 2. The Labute approximate surface area is 354 Å². The normalized spacial score (nSPS) is 11.8. The molecule has 2 heteroatoms. The van der Waals surface area contributed by atoms with Gasteiger partial charge >= 0.3 is 0 Å². The molecular weight excluding hydrogens is 737 g/mol. The van der Waals surface area contributed by atoms with E-state index < -0.39 is 0 Å². The highest BCUT2D eigenvalue weighted by molar-refractivity contribution is 6.21. The Kier molecular flexibility index (Phi) is 8.01. The Morgan fingerprint density at radius 1 is 0.344 bits per heavy atom. The van der Waals surface area contributed by atoms with Gasteiger partial charge in [0, 0.05) is 5.69 Å². The fraction of sp³-hybridized carbons (Fsp3) is 0.0339. The summed E-state index contributed by atoms with van der Waals surface area (Å²) in [5.74, 6) is 0.985. The topological polar surface area (TPSA) is 17.8 Å². The van der Waals surface area contributed by atoms with E-state index in [1.807, 2.05) is 6.07 Å². The maximum Gasteiger partial charge on any atom is 0.111 e. The molecular formula is C59H40N2. The molecule has 0 aliphatic rings. The summed E-state index contributed by atoms with van der Waals surface area (Å²) in [6, 6.07) is 75.8. The standard InChI is InChI=1S/C59H40N2/c1-37-9-6-10-41-21-22-43-12-8-16-54(59(43)57(37)41)53-15-7-11-42-23-28-50-35-48(29-31-52(50)58(42)53)47-27-26-45-33-44(24-25-46(45)34-47)39-17-19-40(20-18-39)49-30-32-56-55(36-49)60-38(2)61(56)51-13-4-3-5-14-51/h3-36H,1-2H3. The summed E-state index contributed by atoms with van der Waals surface area (Å²) in [5.41, 5.74) is 14.3. The quantitative estimate of drug-likeness (QED) is 0.159. The summed E-state index contributed by atoms with van der Waals surface area (Å²) >= 11 is 0. The predicted molar refractivity (Wildman–Crippen MR) is 260 cm³/mol. The smallest absolute Gasteiger partial charge is 0.111 e. The number of hydrogen-bond donors (Lipinski definition) is 0. The molecule has 0 unspecified atom stereocenters. The molecule has 12 rings (SSSR count). The fourth-order valence-electron chi connectivity index (χ4n) is 9.83. The van der Waals surface area contributed by atoms with E-state index in [4.69, 9.17) is 4.98 Å². The van der Waals surface area contributed by atoms with Crippen LogP contribution in [0.25, 0.3) is 115 Å². The third kappa shape index (κ3) is 5.83. The fourth-order valence-corrected chi connectivity index (χ4v) is 9.83. The molecule has 0 spiro atoms. The van der Waals surface area contributed by atoms with Gasteiger partial charge in [-0.3, -0.25) is 4.57 Å². The summed E-state index contributed by atoms with van der Waals surface area (Å²) < 4.78 is 2.22. The summed E-state index contributed by atoms with van der Waals surface area (Å²) in [7, 11) is 0. The average Bonchev–Trinajstić information content (AvgIpc) is 3.65. The van der Waals surface area contributed by atoms with Crippen molar-refractivity contribution in [3.05, 3.63) is 218 Å². The third-order valence-corrected chi connectivity index (χ3v) is 12.8. The largest absolute Gasteiger partial charge is 0.297 e. The second-order valence-corrected chi connectivity index (χ2v) is 16.4. The monoisotopic (exact) mass is 776 g/mol. The van der Waals surface area contributed by atoms with Crippen LogP contribution in [0, 0.1) is 13.8 Å². The Morgan fingerprint density at radius 2 is 0.836 bits per heavy atom. The van der Waals surface area contributed by atoms with E-state index in [-0.39, 0.29) is 0 Å². The molecule has 0 saturated heterocycles. The molecule has 0 fully saturated rings. The molecule has 2 nitrogen and oxygen atoms in total. The van der Waals surface area contributed by atoms with Crippen LogP contribution in [0.1, 0.15) is 11.4 Å². The Morgan fingerprint density at radius 3 is 1.52 bits per heavy atom. The molecule has 286 valence electrons. The number of aromatic nitrogens is 2. The van der Waals surface area contributed by atoms with E-state index in [0.29, 0.717) is 0 Å². The van der Waals surface area contributed by atoms with E-state index in [9.17, 15) is 0 Å². The summed E-state index contributed by atoms with van der Waals surface area (Å²) in [5, 5.41) is 12.8. The summed E-state index contributed by atoms with van der Waals surface area (Å²) in [6.07, 6.45) is 0. The van der Waals surface area contributed by atoms with E-state index in [1.54, 1.807) is 0 Å². The molecule has 11 aromatic carbocycles. The van der Waals surface area contributed by atoms with Crippen molar-refractivity contribution >= 4 is 64.9 Å². The van der Waals surface area contributed by atoms with Gasteiger partial charge in [0.25, 0.3) is 0 Å². The van der Waals surface area contributed by atoms with Crippen molar-refractivity contribution in [2.45, 2.75) is 13.8 Å². The van der Waals surface area contributed by atoms with Gasteiger partial charge in [-0.05, 0) is 160 Å². The first kappa shape index (κ1) is 35.2. The van der Waals surface area contributed by atoms with Crippen LogP contribution in [-0.4, -0.2) is 9.55 Å². The van der Waals surface area contributed by atoms with E-state index in [0.717, 1.165) is 22.5 Å². The van der Waals surface area contributed by atoms with Crippen molar-refractivity contribution < 1.29 is 0 Å². The second-order valence-electron chi connectivity index (χ2n) is 16.4. The van der Waals surface area contributed by atoms with Gasteiger partial charge in [-0.25, -0.2) is 4.98 Å². The second kappa shape index (κ2) is 13.9. The Balaban J connectivity index is 0.860. The summed E-state index contributed by atoms with van der Waals surface area (Å²) in [6.45, 7) is 4.30. The minimum absolute atomic E-state index is 0.985. The minimum Gasteiger partial charge on any atom is -0.297 e. The van der Waals surface area contributed by atoms with Crippen molar-refractivity contribution in [3.63, 3.8) is 0 Å². The molecule has 0 aliphatic carbocycles. The maximum absolute atomic E-state index is 4.91. The average molecular weight is 777 g/mol. The lowest BCUT2D eigenvalue weighted by atomic mass is 9.88. The van der Waals surface area contributed by atoms with Crippen LogP contribution < -0.4 is 0 Å². The molecule has 0 atom stereocenters. The number of imidazole rings is 1. The van der Waals surface area contributed by atoms with E-state index in [1.165, 1.54) is 104 Å². The lowest BCUT2D eigenvalue weighted by molar-refractivity contribution is 1.00. The molecule has 1 aromatic heterocycles. The lowest BCUT2D eigenvalue weighted by Crippen LogP contribution is -1.95. The van der Waals surface area contributed by atoms with Crippen LogP contribution in [-0.2, 0) is 0 Å². The number of para-hydroxylation sites is 1. The maximum atomic E-state index is 4.91. The van der Waals surface area contributed by atoms with Gasteiger partial charge in [-0.1, -0.05) is 164 Å². The molecule has 0 N–H and O–H groups in total. The highest BCUT2D eigenvalue weighted by atomic mass is 15.1. The Hall–Kier alpha value is -7.81. The number of fused-ring (bicyclic) bond motifs is 8. The van der Waals surface area contributed by atoms with Crippen LogP contribution in [0.3, 0.4) is 0 Å². The van der Waals surface area contributed by atoms with Gasteiger partial charge < -0.3 is 0 Å². The van der Waals surface area contributed by atoms with Crippen LogP contribution in [0.4, 0.5) is 0 Å². The summed E-state index contributed by atoms with van der Waals surface area (Å²) in [4.78, 5) is 4.91. The lowest BCUT2D eigenvalue weighted by Gasteiger charge is -2.16. The van der Waals surface area contributed by atoms with Crippen molar-refractivity contribution in [3.8, 4) is 50.2 Å². The zero-order valence-electron chi connectivity index (χ0n) is 34.0. The van der Waals surface area contributed by atoms with Gasteiger partial charge in [0.1, 0.15) is 5.82 Å². The van der Waals surface area contributed by atoms with Gasteiger partial charge in [0.15, 0.2) is 0 Å². The first-order valence-corrected chi connectivity index (χ1v) is 21.1. The van der Waals surface area contributed by atoms with Crippen molar-refractivity contribution in [1.82, 2.24) is 9.55 Å². The highest BCUT2D eigenvalue weighted by Gasteiger charge is 2.15. The number of rotatable bonds is 5. The van der Waals surface area contributed by atoms with E-state index in [2.05, 4.69) is 219 Å². The minimum atomic E-state index is 0.985. The van der Waals surface area contributed by atoms with Crippen LogP contribution in [0.2, 0.25) is 0 Å². The van der Waals surface area contributed by atoms with Gasteiger partial charge in [0.2, 0.25) is 0 Å². The van der Waals surface area contributed by atoms with Gasteiger partial charge in [0.05, 0.1) is 11.0 Å².